The Balaban J connectivity index is 1.96. The molecule has 1 aromatic carbocycles. The van der Waals surface area contributed by atoms with Gasteiger partial charge >= 0.3 is 5.97 Å². The van der Waals surface area contributed by atoms with Crippen molar-refractivity contribution < 1.29 is 19.1 Å². The van der Waals surface area contributed by atoms with Crippen LogP contribution in [0.4, 0.5) is 5.00 Å². The second kappa shape index (κ2) is 9.21. The van der Waals surface area contributed by atoms with E-state index in [-0.39, 0.29) is 17.3 Å². The first-order chi connectivity index (χ1) is 14.3. The molecule has 30 heavy (non-hydrogen) atoms. The number of para-hydroxylation sites is 1. The average molecular weight is 430 g/mol. The van der Waals surface area contributed by atoms with Gasteiger partial charge in [0, 0.05) is 4.88 Å². The van der Waals surface area contributed by atoms with E-state index in [1.165, 1.54) is 23.3 Å². The summed E-state index contributed by atoms with van der Waals surface area (Å²) in [5.74, 6) is 0.404. The minimum absolute atomic E-state index is 0.243. The van der Waals surface area contributed by atoms with Crippen molar-refractivity contribution in [2.24, 2.45) is 11.3 Å². The highest BCUT2D eigenvalue weighted by Gasteiger charge is 2.35. The van der Waals surface area contributed by atoms with Crippen molar-refractivity contribution in [3.63, 3.8) is 0 Å². The Morgan fingerprint density at radius 3 is 2.63 bits per heavy atom. The third kappa shape index (κ3) is 4.38. The van der Waals surface area contributed by atoms with E-state index in [9.17, 15) is 9.59 Å². The third-order valence-corrected chi connectivity index (χ3v) is 7.51. The summed E-state index contributed by atoms with van der Waals surface area (Å²) in [6, 6.07) is 7.07. The zero-order chi connectivity index (χ0) is 21.9. The molecule has 1 atom stereocenters. The van der Waals surface area contributed by atoms with Crippen LogP contribution in [0.2, 0.25) is 0 Å². The lowest BCUT2D eigenvalue weighted by Gasteiger charge is -2.36. The normalized spacial score (nSPS) is 16.0. The Morgan fingerprint density at radius 1 is 1.23 bits per heavy atom. The van der Waals surface area contributed by atoms with E-state index in [1.54, 1.807) is 25.1 Å². The lowest BCUT2D eigenvalue weighted by atomic mass is 9.69. The van der Waals surface area contributed by atoms with E-state index < -0.39 is 0 Å². The first kappa shape index (κ1) is 22.3. The second-order valence-corrected chi connectivity index (χ2v) is 9.47. The molecule has 6 heteroatoms. The number of methoxy groups -OCH3 is 1. The monoisotopic (exact) mass is 429 g/mol. The molecular formula is C24H31NO4S. The van der Waals surface area contributed by atoms with Crippen LogP contribution in [0, 0.1) is 11.3 Å². The van der Waals surface area contributed by atoms with Crippen molar-refractivity contribution >= 4 is 28.2 Å². The standard InChI is InChI=1S/C24H31NO4S/c1-6-24(3,4)15-12-13-17-19(14-15)30-22(20(17)23(27)29-7-2)25-21(26)16-10-8-9-11-18(16)28-5/h8-11,15H,6-7,12-14H2,1-5H3,(H,25,26). The van der Waals surface area contributed by atoms with Crippen LogP contribution < -0.4 is 10.1 Å². The van der Waals surface area contributed by atoms with Gasteiger partial charge in [0.1, 0.15) is 10.8 Å². The van der Waals surface area contributed by atoms with E-state index in [2.05, 4.69) is 26.1 Å². The van der Waals surface area contributed by atoms with Crippen LogP contribution in [0.25, 0.3) is 0 Å². The maximum absolute atomic E-state index is 13.0. The number of hydrogen-bond acceptors (Lipinski definition) is 5. The third-order valence-electron chi connectivity index (χ3n) is 6.34. The van der Waals surface area contributed by atoms with Gasteiger partial charge in [0.15, 0.2) is 0 Å². The van der Waals surface area contributed by atoms with E-state index in [0.29, 0.717) is 34.4 Å². The molecule has 5 nitrogen and oxygen atoms in total. The Kier molecular flexibility index (Phi) is 6.86. The topological polar surface area (TPSA) is 64.6 Å². The number of amides is 1. The van der Waals surface area contributed by atoms with Crippen molar-refractivity contribution in [2.75, 3.05) is 19.0 Å². The minimum Gasteiger partial charge on any atom is -0.496 e. The first-order valence-electron chi connectivity index (χ1n) is 10.6. The van der Waals surface area contributed by atoms with Gasteiger partial charge in [0.05, 0.1) is 24.8 Å². The summed E-state index contributed by atoms with van der Waals surface area (Å²) in [6.45, 7) is 8.95. The molecule has 1 heterocycles. The average Bonchev–Trinajstić information content (AvgIpc) is 3.10. The predicted octanol–water partition coefficient (Wildman–Crippen LogP) is 5.73. The number of hydrogen-bond donors (Lipinski definition) is 1. The summed E-state index contributed by atoms with van der Waals surface area (Å²) >= 11 is 1.51. The SMILES string of the molecule is CCOC(=O)c1c(NC(=O)c2ccccc2OC)sc2c1CCC(C(C)(C)CC)C2. The molecule has 1 amide bonds. The number of carbonyl (C=O) groups excluding carboxylic acids is 2. The molecule has 0 radical (unpaired) electrons. The lowest BCUT2D eigenvalue weighted by Crippen LogP contribution is -2.28. The first-order valence-corrected chi connectivity index (χ1v) is 11.4. The summed E-state index contributed by atoms with van der Waals surface area (Å²) in [7, 11) is 1.54. The Labute approximate surface area is 182 Å². The summed E-state index contributed by atoms with van der Waals surface area (Å²) in [4.78, 5) is 26.9. The van der Waals surface area contributed by atoms with Crippen molar-refractivity contribution in [1.29, 1.82) is 0 Å². The van der Waals surface area contributed by atoms with Gasteiger partial charge in [-0.1, -0.05) is 39.3 Å². The van der Waals surface area contributed by atoms with E-state index >= 15 is 0 Å². The maximum Gasteiger partial charge on any atom is 0.341 e. The van der Waals surface area contributed by atoms with E-state index in [1.807, 2.05) is 6.07 Å². The second-order valence-electron chi connectivity index (χ2n) is 8.36. The number of benzene rings is 1. The fourth-order valence-corrected chi connectivity index (χ4v) is 5.36. The molecular weight excluding hydrogens is 398 g/mol. The number of esters is 1. The number of carbonyl (C=O) groups is 2. The minimum atomic E-state index is -0.362. The molecule has 3 rings (SSSR count). The Morgan fingerprint density at radius 2 is 1.97 bits per heavy atom. The number of nitrogens with one attached hydrogen (secondary N) is 1. The van der Waals surface area contributed by atoms with Gasteiger partial charge in [-0.05, 0) is 55.2 Å². The number of ether oxygens (including phenoxy) is 2. The molecule has 0 spiro atoms. The van der Waals surface area contributed by atoms with Crippen LogP contribution in [0.5, 0.6) is 5.75 Å². The fourth-order valence-electron chi connectivity index (χ4n) is 4.05. The number of thiophene rings is 1. The molecule has 0 saturated heterocycles. The van der Waals surface area contributed by atoms with E-state index in [4.69, 9.17) is 9.47 Å². The van der Waals surface area contributed by atoms with Gasteiger partial charge in [-0.3, -0.25) is 4.79 Å². The Hall–Kier alpha value is -2.34. The van der Waals surface area contributed by atoms with Crippen LogP contribution in [0.1, 0.15) is 71.7 Å². The van der Waals surface area contributed by atoms with Gasteiger partial charge in [-0.2, -0.15) is 0 Å². The lowest BCUT2D eigenvalue weighted by molar-refractivity contribution is 0.0526. The quantitative estimate of drug-likeness (QED) is 0.571. The predicted molar refractivity (Wildman–Crippen MR) is 121 cm³/mol. The van der Waals surface area contributed by atoms with Crippen LogP contribution in [-0.2, 0) is 17.6 Å². The highest BCUT2D eigenvalue weighted by molar-refractivity contribution is 7.17. The van der Waals surface area contributed by atoms with Crippen LogP contribution in [0.15, 0.2) is 24.3 Å². The number of rotatable bonds is 7. The van der Waals surface area contributed by atoms with Crippen molar-refractivity contribution in [2.45, 2.75) is 53.4 Å². The fraction of sp³-hybridized carbons (Fsp3) is 0.500. The summed E-state index contributed by atoms with van der Waals surface area (Å²) in [5, 5.41) is 3.54. The molecule has 1 aliphatic rings. The van der Waals surface area contributed by atoms with Gasteiger partial charge in [-0.15, -0.1) is 11.3 Å². The smallest absolute Gasteiger partial charge is 0.341 e. The van der Waals surface area contributed by atoms with Gasteiger partial charge < -0.3 is 14.8 Å². The van der Waals surface area contributed by atoms with Crippen LogP contribution in [-0.4, -0.2) is 25.6 Å². The molecule has 1 N–H and O–H groups in total. The number of fused-ring (bicyclic) bond motifs is 1. The zero-order valence-electron chi connectivity index (χ0n) is 18.5. The summed E-state index contributed by atoms with van der Waals surface area (Å²) in [5.41, 5.74) is 2.24. The largest absolute Gasteiger partial charge is 0.496 e. The molecule has 0 bridgehead atoms. The van der Waals surface area contributed by atoms with Crippen molar-refractivity contribution in [1.82, 2.24) is 0 Å². The molecule has 0 aliphatic heterocycles. The molecule has 1 aliphatic carbocycles. The molecule has 2 aromatic rings. The highest BCUT2D eigenvalue weighted by atomic mass is 32.1. The summed E-state index contributed by atoms with van der Waals surface area (Å²) < 4.78 is 10.6. The van der Waals surface area contributed by atoms with Gasteiger partial charge in [0.25, 0.3) is 5.91 Å². The highest BCUT2D eigenvalue weighted by Crippen LogP contribution is 2.45. The van der Waals surface area contributed by atoms with E-state index in [0.717, 1.165) is 31.2 Å². The Bertz CT molecular complexity index is 931. The van der Waals surface area contributed by atoms with Gasteiger partial charge in [0.2, 0.25) is 0 Å². The molecule has 1 aromatic heterocycles. The zero-order valence-corrected chi connectivity index (χ0v) is 19.3. The summed E-state index contributed by atoms with van der Waals surface area (Å²) in [6.07, 6.45) is 3.91. The molecule has 0 saturated carbocycles. The van der Waals surface area contributed by atoms with Crippen LogP contribution in [0.3, 0.4) is 0 Å². The van der Waals surface area contributed by atoms with Crippen molar-refractivity contribution in [3.05, 3.63) is 45.8 Å². The van der Waals surface area contributed by atoms with Crippen molar-refractivity contribution in [3.8, 4) is 5.75 Å². The molecule has 162 valence electrons. The maximum atomic E-state index is 13.0. The van der Waals surface area contributed by atoms with Crippen LogP contribution >= 0.6 is 11.3 Å². The molecule has 1 unspecified atom stereocenters. The molecule has 0 fully saturated rings. The van der Waals surface area contributed by atoms with Gasteiger partial charge in [-0.25, -0.2) is 4.79 Å². The number of anilines is 1.